The standard InChI is InChI=1S/C17H21N7O2/c1-12-19-14(10-15(20-12)24-5-4-18-11-24)22-6-8-23(9-7-22)17(26)13-2-3-16(25)21-13/h4-5,10-11,13H,2-3,6-9H2,1H3,(H,21,25). The van der Waals surface area contributed by atoms with Crippen molar-refractivity contribution in [2.45, 2.75) is 25.8 Å². The Labute approximate surface area is 151 Å². The molecule has 2 fully saturated rings. The average Bonchev–Trinajstić information content (AvgIpc) is 3.32. The van der Waals surface area contributed by atoms with Crippen LogP contribution in [-0.4, -0.2) is 68.5 Å². The van der Waals surface area contributed by atoms with Crippen LogP contribution in [0.2, 0.25) is 0 Å². The minimum Gasteiger partial charge on any atom is -0.353 e. The number of carbonyl (C=O) groups is 2. The molecule has 0 spiro atoms. The van der Waals surface area contributed by atoms with Crippen LogP contribution in [0.15, 0.2) is 24.8 Å². The molecule has 9 nitrogen and oxygen atoms in total. The number of anilines is 1. The predicted molar refractivity (Wildman–Crippen MR) is 93.8 cm³/mol. The lowest BCUT2D eigenvalue weighted by Crippen LogP contribution is -2.53. The van der Waals surface area contributed by atoms with Crippen LogP contribution in [0, 0.1) is 6.92 Å². The van der Waals surface area contributed by atoms with E-state index in [-0.39, 0.29) is 17.9 Å². The summed E-state index contributed by atoms with van der Waals surface area (Å²) >= 11 is 0. The molecule has 0 aliphatic carbocycles. The first kappa shape index (κ1) is 16.5. The minimum atomic E-state index is -0.358. The second-order valence-electron chi connectivity index (χ2n) is 6.57. The van der Waals surface area contributed by atoms with E-state index < -0.39 is 0 Å². The molecule has 0 saturated carbocycles. The number of imidazole rings is 1. The van der Waals surface area contributed by atoms with E-state index in [1.54, 1.807) is 12.5 Å². The van der Waals surface area contributed by atoms with Gasteiger partial charge in [0.15, 0.2) is 0 Å². The van der Waals surface area contributed by atoms with Gasteiger partial charge in [0.25, 0.3) is 0 Å². The second-order valence-corrected chi connectivity index (χ2v) is 6.57. The quantitative estimate of drug-likeness (QED) is 0.826. The Balaban J connectivity index is 1.43. The molecule has 1 atom stereocenters. The Morgan fingerprint density at radius 2 is 1.96 bits per heavy atom. The average molecular weight is 355 g/mol. The number of nitrogens with zero attached hydrogens (tertiary/aromatic N) is 6. The molecule has 1 unspecified atom stereocenters. The monoisotopic (exact) mass is 355 g/mol. The number of carbonyl (C=O) groups excluding carboxylic acids is 2. The molecule has 2 aromatic rings. The SMILES string of the molecule is Cc1nc(N2CCN(C(=O)C3CCC(=O)N3)CC2)cc(-n2ccnc2)n1. The number of aryl methyl sites for hydroxylation is 1. The van der Waals surface area contributed by atoms with E-state index in [1.807, 2.05) is 28.7 Å². The van der Waals surface area contributed by atoms with Gasteiger partial charge in [0.1, 0.15) is 29.8 Å². The molecular weight excluding hydrogens is 334 g/mol. The van der Waals surface area contributed by atoms with Crippen LogP contribution in [0.1, 0.15) is 18.7 Å². The van der Waals surface area contributed by atoms with Crippen molar-refractivity contribution >= 4 is 17.6 Å². The van der Waals surface area contributed by atoms with E-state index in [9.17, 15) is 9.59 Å². The molecule has 26 heavy (non-hydrogen) atoms. The van der Waals surface area contributed by atoms with Crippen LogP contribution in [0.5, 0.6) is 0 Å². The van der Waals surface area contributed by atoms with Crippen LogP contribution < -0.4 is 10.2 Å². The summed E-state index contributed by atoms with van der Waals surface area (Å²) in [5.41, 5.74) is 0. The van der Waals surface area contributed by atoms with E-state index >= 15 is 0 Å². The Hall–Kier alpha value is -2.97. The third-order valence-corrected chi connectivity index (χ3v) is 4.79. The van der Waals surface area contributed by atoms with Gasteiger partial charge in [-0.2, -0.15) is 0 Å². The van der Waals surface area contributed by atoms with Crippen molar-refractivity contribution in [2.24, 2.45) is 0 Å². The molecule has 4 heterocycles. The first-order valence-electron chi connectivity index (χ1n) is 8.77. The summed E-state index contributed by atoms with van der Waals surface area (Å²) in [6, 6.07) is 1.58. The third kappa shape index (κ3) is 3.24. The molecule has 2 aliphatic rings. The van der Waals surface area contributed by atoms with Crippen molar-refractivity contribution in [1.29, 1.82) is 0 Å². The number of hydrogen-bond acceptors (Lipinski definition) is 6. The highest BCUT2D eigenvalue weighted by Gasteiger charge is 2.32. The van der Waals surface area contributed by atoms with Crippen molar-refractivity contribution in [2.75, 3.05) is 31.1 Å². The second kappa shape index (κ2) is 6.74. The molecule has 0 bridgehead atoms. The number of piperazine rings is 1. The van der Waals surface area contributed by atoms with Crippen LogP contribution in [-0.2, 0) is 9.59 Å². The van der Waals surface area contributed by atoms with E-state index in [0.717, 1.165) is 11.6 Å². The summed E-state index contributed by atoms with van der Waals surface area (Å²) < 4.78 is 1.85. The lowest BCUT2D eigenvalue weighted by atomic mass is 10.2. The first-order chi connectivity index (χ1) is 12.6. The normalized spacial score (nSPS) is 20.3. The fraction of sp³-hybridized carbons (Fsp3) is 0.471. The van der Waals surface area contributed by atoms with Gasteiger partial charge >= 0.3 is 0 Å². The number of rotatable bonds is 3. The van der Waals surface area contributed by atoms with E-state index in [4.69, 9.17) is 0 Å². The molecule has 0 aromatic carbocycles. The van der Waals surface area contributed by atoms with Crippen molar-refractivity contribution in [1.82, 2.24) is 29.7 Å². The highest BCUT2D eigenvalue weighted by atomic mass is 16.2. The zero-order valence-corrected chi connectivity index (χ0v) is 14.6. The number of hydrogen-bond donors (Lipinski definition) is 1. The molecule has 2 aliphatic heterocycles. The van der Waals surface area contributed by atoms with Gasteiger partial charge < -0.3 is 15.1 Å². The van der Waals surface area contributed by atoms with Gasteiger partial charge in [-0.15, -0.1) is 0 Å². The van der Waals surface area contributed by atoms with Gasteiger partial charge in [-0.3, -0.25) is 14.2 Å². The molecule has 2 aromatic heterocycles. The summed E-state index contributed by atoms with van der Waals surface area (Å²) in [6.45, 7) is 4.51. The Kier molecular flexibility index (Phi) is 4.27. The maximum atomic E-state index is 12.5. The highest BCUT2D eigenvalue weighted by Crippen LogP contribution is 2.18. The Morgan fingerprint density at radius 3 is 2.62 bits per heavy atom. The smallest absolute Gasteiger partial charge is 0.245 e. The number of nitrogens with one attached hydrogen (secondary N) is 1. The predicted octanol–water partition coefficient (Wildman–Crippen LogP) is -0.102. The Morgan fingerprint density at radius 1 is 1.19 bits per heavy atom. The highest BCUT2D eigenvalue weighted by molar-refractivity contribution is 5.90. The molecule has 1 N–H and O–H groups in total. The van der Waals surface area contributed by atoms with Crippen molar-refractivity contribution in [3.8, 4) is 5.82 Å². The molecule has 2 amide bonds. The summed E-state index contributed by atoms with van der Waals surface area (Å²) in [5, 5.41) is 2.75. The van der Waals surface area contributed by atoms with Crippen LogP contribution in [0.4, 0.5) is 5.82 Å². The van der Waals surface area contributed by atoms with Gasteiger partial charge in [-0.05, 0) is 13.3 Å². The molecular formula is C17H21N7O2. The van der Waals surface area contributed by atoms with Gasteiger partial charge in [0.2, 0.25) is 11.8 Å². The zero-order chi connectivity index (χ0) is 18.1. The third-order valence-electron chi connectivity index (χ3n) is 4.79. The molecule has 4 rings (SSSR count). The van der Waals surface area contributed by atoms with Crippen molar-refractivity contribution < 1.29 is 9.59 Å². The lowest BCUT2D eigenvalue weighted by Gasteiger charge is -2.36. The topological polar surface area (TPSA) is 96.2 Å². The van der Waals surface area contributed by atoms with Crippen LogP contribution >= 0.6 is 0 Å². The van der Waals surface area contributed by atoms with Gasteiger partial charge in [0.05, 0.1) is 0 Å². The van der Waals surface area contributed by atoms with Gasteiger partial charge in [-0.25, -0.2) is 15.0 Å². The molecule has 0 radical (unpaired) electrons. The van der Waals surface area contributed by atoms with Crippen molar-refractivity contribution in [3.63, 3.8) is 0 Å². The Bertz CT molecular complexity index is 813. The van der Waals surface area contributed by atoms with Crippen LogP contribution in [0.25, 0.3) is 5.82 Å². The molecule has 9 heteroatoms. The zero-order valence-electron chi connectivity index (χ0n) is 14.6. The van der Waals surface area contributed by atoms with Gasteiger partial charge in [-0.1, -0.05) is 0 Å². The maximum Gasteiger partial charge on any atom is 0.245 e. The van der Waals surface area contributed by atoms with E-state index in [1.165, 1.54) is 0 Å². The summed E-state index contributed by atoms with van der Waals surface area (Å²) in [6.07, 6.45) is 6.30. The van der Waals surface area contributed by atoms with Crippen molar-refractivity contribution in [3.05, 3.63) is 30.6 Å². The fourth-order valence-electron chi connectivity index (χ4n) is 3.40. The van der Waals surface area contributed by atoms with E-state index in [2.05, 4.69) is 25.2 Å². The fourth-order valence-corrected chi connectivity index (χ4v) is 3.40. The number of aromatic nitrogens is 4. The van der Waals surface area contributed by atoms with E-state index in [0.29, 0.717) is 44.8 Å². The largest absolute Gasteiger partial charge is 0.353 e. The summed E-state index contributed by atoms with van der Waals surface area (Å²) in [5.74, 6) is 2.30. The lowest BCUT2D eigenvalue weighted by molar-refractivity contribution is -0.134. The summed E-state index contributed by atoms with van der Waals surface area (Å²) in [7, 11) is 0. The maximum absolute atomic E-state index is 12.5. The molecule has 136 valence electrons. The summed E-state index contributed by atoms with van der Waals surface area (Å²) in [4.78, 5) is 40.9. The van der Waals surface area contributed by atoms with Gasteiger partial charge in [0, 0.05) is 51.1 Å². The molecule has 2 saturated heterocycles. The minimum absolute atomic E-state index is 0.0217. The first-order valence-corrected chi connectivity index (χ1v) is 8.77. The van der Waals surface area contributed by atoms with Crippen LogP contribution in [0.3, 0.4) is 0 Å². The number of amides is 2.